The number of ether oxygens (including phenoxy) is 2. The first kappa shape index (κ1) is 37.1. The third-order valence-corrected chi connectivity index (χ3v) is 8.71. The third kappa shape index (κ3) is 9.16. The molecule has 0 spiro atoms. The maximum Gasteiger partial charge on any atom is 0.410 e. The van der Waals surface area contributed by atoms with E-state index < -0.39 is 59.3 Å². The summed E-state index contributed by atoms with van der Waals surface area (Å²) in [6.45, 7) is 7.69. The van der Waals surface area contributed by atoms with Gasteiger partial charge >= 0.3 is 12.1 Å². The number of oxazole rings is 1. The Labute approximate surface area is 295 Å². The van der Waals surface area contributed by atoms with Crippen LogP contribution in [-0.4, -0.2) is 64.7 Å². The van der Waals surface area contributed by atoms with E-state index in [0.717, 1.165) is 29.3 Å². The molecule has 0 radical (unpaired) electrons. The van der Waals surface area contributed by atoms with Gasteiger partial charge in [0.2, 0.25) is 5.89 Å². The number of carbonyl (C=O) groups excluding carboxylic acids is 3. The van der Waals surface area contributed by atoms with Crippen LogP contribution >= 0.6 is 0 Å². The normalized spacial score (nSPS) is 17.1. The van der Waals surface area contributed by atoms with Crippen LogP contribution in [0.5, 0.6) is 0 Å². The van der Waals surface area contributed by atoms with Crippen LogP contribution in [0.2, 0.25) is 0 Å². The van der Waals surface area contributed by atoms with Crippen molar-refractivity contribution in [3.05, 3.63) is 113 Å². The number of hydrogen-bond donors (Lipinski definition) is 0. The Bertz CT molecular complexity index is 1830. The van der Waals surface area contributed by atoms with Gasteiger partial charge in [-0.05, 0) is 41.7 Å². The van der Waals surface area contributed by atoms with Gasteiger partial charge in [-0.1, -0.05) is 81.4 Å². The lowest BCUT2D eigenvalue weighted by Gasteiger charge is -2.41. The van der Waals surface area contributed by atoms with Gasteiger partial charge < -0.3 is 23.7 Å². The molecule has 5 rings (SSSR count). The van der Waals surface area contributed by atoms with Crippen molar-refractivity contribution in [3.8, 4) is 11.5 Å². The van der Waals surface area contributed by atoms with Crippen molar-refractivity contribution in [3.63, 3.8) is 0 Å². The fourth-order valence-corrected chi connectivity index (χ4v) is 6.36. The third-order valence-electron chi connectivity index (χ3n) is 8.71. The van der Waals surface area contributed by atoms with E-state index >= 15 is 8.78 Å². The van der Waals surface area contributed by atoms with E-state index in [9.17, 15) is 18.8 Å². The van der Waals surface area contributed by atoms with E-state index in [1.54, 1.807) is 0 Å². The monoisotopic (exact) mass is 705 g/mol. The summed E-state index contributed by atoms with van der Waals surface area (Å²) in [5, 5.41) is 0. The van der Waals surface area contributed by atoms with E-state index in [1.165, 1.54) is 23.6 Å². The molecule has 1 aliphatic rings. The molecule has 12 heteroatoms. The second kappa shape index (κ2) is 15.8. The van der Waals surface area contributed by atoms with E-state index in [-0.39, 0.29) is 55.6 Å². The lowest BCUT2D eigenvalue weighted by molar-refractivity contribution is -0.160. The molecule has 4 atom stereocenters. The van der Waals surface area contributed by atoms with Gasteiger partial charge in [0.1, 0.15) is 35.9 Å². The van der Waals surface area contributed by atoms with Crippen molar-refractivity contribution < 1.29 is 41.4 Å². The van der Waals surface area contributed by atoms with Crippen LogP contribution in [0, 0.1) is 23.0 Å². The van der Waals surface area contributed by atoms with E-state index in [1.807, 2.05) is 81.4 Å². The first-order chi connectivity index (χ1) is 24.2. The molecule has 4 aromatic rings. The van der Waals surface area contributed by atoms with Crippen LogP contribution in [0.4, 0.5) is 18.0 Å². The molecule has 1 aromatic heterocycles. The van der Waals surface area contributed by atoms with Gasteiger partial charge in [-0.15, -0.1) is 0 Å². The van der Waals surface area contributed by atoms with Gasteiger partial charge in [-0.25, -0.2) is 22.9 Å². The smallest absolute Gasteiger partial charge is 0.410 e. The molecule has 1 fully saturated rings. The molecule has 2 amide bonds. The maximum absolute atomic E-state index is 15.8. The summed E-state index contributed by atoms with van der Waals surface area (Å²) < 4.78 is 62.2. The molecule has 0 unspecified atom stereocenters. The van der Waals surface area contributed by atoms with Crippen LogP contribution in [0.1, 0.15) is 63.2 Å². The van der Waals surface area contributed by atoms with E-state index in [2.05, 4.69) is 0 Å². The molecule has 0 saturated carbocycles. The van der Waals surface area contributed by atoms with Crippen LogP contribution in [0.15, 0.2) is 83.3 Å². The van der Waals surface area contributed by atoms with Crippen LogP contribution < -0.4 is 0 Å². The highest BCUT2D eigenvalue weighted by Gasteiger charge is 2.45. The van der Waals surface area contributed by atoms with Gasteiger partial charge in [0, 0.05) is 32.4 Å². The number of benzene rings is 3. The molecule has 0 aliphatic carbocycles. The summed E-state index contributed by atoms with van der Waals surface area (Å²) in [5.74, 6) is -3.53. The number of alkyl halides is 1. The Balaban J connectivity index is 1.54. The zero-order chi connectivity index (χ0) is 36.9. The van der Waals surface area contributed by atoms with Crippen LogP contribution in [0.25, 0.3) is 11.5 Å². The first-order valence-corrected chi connectivity index (χ1v) is 16.8. The molecule has 0 bridgehead atoms. The largest absolute Gasteiger partial charge is 0.453 e. The summed E-state index contributed by atoms with van der Waals surface area (Å²) in [4.78, 5) is 46.7. The summed E-state index contributed by atoms with van der Waals surface area (Å²) in [6, 6.07) is 20.4. The Hall–Kier alpha value is -5.13. The molecule has 2 heterocycles. The van der Waals surface area contributed by atoms with Crippen molar-refractivity contribution in [2.45, 2.75) is 66.0 Å². The minimum Gasteiger partial charge on any atom is -0.453 e. The SMILES string of the molecule is CC(=O)O[C@@H](C)C(=O)N(C[C@@H]1CN(C(=O)OCc2ccccc2)C[C@@H]1F)[C@@H](c1nc(-c2cc(F)ccc2F)oc1Cc1ccccc1)C(C)(C)C. The summed E-state index contributed by atoms with van der Waals surface area (Å²) in [7, 11) is 0. The van der Waals surface area contributed by atoms with Crippen LogP contribution in [0.3, 0.4) is 0 Å². The van der Waals surface area contributed by atoms with Crippen molar-refractivity contribution >= 4 is 18.0 Å². The average Bonchev–Trinajstić information content (AvgIpc) is 3.66. The number of halogens is 3. The zero-order valence-corrected chi connectivity index (χ0v) is 29.3. The topological polar surface area (TPSA) is 102 Å². The Kier molecular flexibility index (Phi) is 11.5. The van der Waals surface area contributed by atoms with Gasteiger partial charge in [0.15, 0.2) is 6.10 Å². The number of aromatic nitrogens is 1. The highest BCUT2D eigenvalue weighted by Crippen LogP contribution is 2.43. The number of amides is 2. The van der Waals surface area contributed by atoms with Crippen molar-refractivity contribution in [2.24, 2.45) is 11.3 Å². The highest BCUT2D eigenvalue weighted by atomic mass is 19.1. The number of nitrogens with zero attached hydrogens (tertiary/aromatic N) is 3. The van der Waals surface area contributed by atoms with E-state index in [4.69, 9.17) is 18.9 Å². The predicted octanol–water partition coefficient (Wildman–Crippen LogP) is 7.68. The lowest BCUT2D eigenvalue weighted by Crippen LogP contribution is -2.49. The number of likely N-dealkylation sites (tertiary alicyclic amines) is 1. The van der Waals surface area contributed by atoms with Crippen LogP contribution in [-0.2, 0) is 32.1 Å². The summed E-state index contributed by atoms with van der Waals surface area (Å²) in [6.07, 6.45) is -3.29. The molecule has 1 saturated heterocycles. The maximum atomic E-state index is 15.8. The molecule has 1 aliphatic heterocycles. The minimum atomic E-state index is -1.52. The van der Waals surface area contributed by atoms with Crippen molar-refractivity contribution in [2.75, 3.05) is 19.6 Å². The highest BCUT2D eigenvalue weighted by molar-refractivity contribution is 5.83. The predicted molar refractivity (Wildman–Crippen MR) is 183 cm³/mol. The molecule has 0 N–H and O–H groups in total. The standard InChI is InChI=1S/C39H42F3N3O6/c1-24(50-25(2)46)37(47)45(21-28-20-44(22-32(28)42)38(48)49-23-27-14-10-7-11-15-27)35(39(3,4)5)34-33(18-26-12-8-6-9-13-26)51-36(43-34)30-19-29(40)16-17-31(30)41/h6-17,19,24,28,32,35H,18,20-23H2,1-5H3/t24-,28-,32-,35-/m0/s1. The van der Waals surface area contributed by atoms with Crippen molar-refractivity contribution in [1.29, 1.82) is 0 Å². The van der Waals surface area contributed by atoms with Gasteiger partial charge in [0.05, 0.1) is 18.2 Å². The average molecular weight is 706 g/mol. The fourth-order valence-electron chi connectivity index (χ4n) is 6.36. The molecular weight excluding hydrogens is 663 g/mol. The molecule has 270 valence electrons. The second-order valence-corrected chi connectivity index (χ2v) is 13.8. The number of carbonyl (C=O) groups is 3. The fraction of sp³-hybridized carbons (Fsp3) is 0.385. The van der Waals surface area contributed by atoms with Gasteiger partial charge in [-0.2, -0.15) is 0 Å². The second-order valence-electron chi connectivity index (χ2n) is 13.8. The number of rotatable bonds is 11. The quantitative estimate of drug-likeness (QED) is 0.148. The Morgan fingerprint density at radius 1 is 0.980 bits per heavy atom. The molecule has 3 aromatic carbocycles. The van der Waals surface area contributed by atoms with Crippen molar-refractivity contribution in [1.82, 2.24) is 14.8 Å². The number of esters is 1. The minimum absolute atomic E-state index is 0.0129. The van der Waals surface area contributed by atoms with Gasteiger partial charge in [0.25, 0.3) is 5.91 Å². The van der Waals surface area contributed by atoms with E-state index in [0.29, 0.717) is 0 Å². The van der Waals surface area contributed by atoms with Gasteiger partial charge in [-0.3, -0.25) is 9.59 Å². The summed E-state index contributed by atoms with van der Waals surface area (Å²) in [5.41, 5.74) is 0.826. The number of hydrogen-bond acceptors (Lipinski definition) is 7. The first-order valence-electron chi connectivity index (χ1n) is 16.8. The zero-order valence-electron chi connectivity index (χ0n) is 29.3. The molecular formula is C39H42F3N3O6. The molecule has 9 nitrogen and oxygen atoms in total. The Morgan fingerprint density at radius 2 is 1.63 bits per heavy atom. The Morgan fingerprint density at radius 3 is 2.25 bits per heavy atom. The summed E-state index contributed by atoms with van der Waals surface area (Å²) >= 11 is 0. The lowest BCUT2D eigenvalue weighted by atomic mass is 9.81. The molecule has 51 heavy (non-hydrogen) atoms.